The summed E-state index contributed by atoms with van der Waals surface area (Å²) in [6, 6.07) is 8.04. The lowest BCUT2D eigenvalue weighted by atomic mass is 10.0. The molecule has 10 heteroatoms. The number of imidazole rings is 2. The Balaban J connectivity index is 1.21. The first-order valence-electron chi connectivity index (χ1n) is 11.8. The van der Waals surface area contributed by atoms with Crippen molar-refractivity contribution in [3.05, 3.63) is 53.0 Å². The number of aryl methyl sites for hydroxylation is 1. The number of aromatic amines is 2. The first-order chi connectivity index (χ1) is 16.7. The van der Waals surface area contributed by atoms with Gasteiger partial charge in [0.25, 0.3) is 0 Å². The lowest BCUT2D eigenvalue weighted by Crippen LogP contribution is -2.37. The van der Waals surface area contributed by atoms with Gasteiger partial charge in [0.2, 0.25) is 0 Å². The summed E-state index contributed by atoms with van der Waals surface area (Å²) in [5.41, 5.74) is 5.66. The highest BCUT2D eigenvalue weighted by atomic mass is 16.1. The standard InChI is InChI=1S/C24H25N9O/c1-31-21(16-12-27-30-19(16)14-6-7-14)29-20-22(31)25-13-26-23(20)32-10-8-15(9-11-32)33-18-5-3-2-4-17(18)28-24(33)34/h2-5,12-15H,6-11H2,1H3,(H,27,30)(H,28,34). The van der Waals surface area contributed by atoms with Gasteiger partial charge in [0.1, 0.15) is 12.2 Å². The largest absolute Gasteiger partial charge is 0.355 e. The van der Waals surface area contributed by atoms with E-state index in [-0.39, 0.29) is 11.7 Å². The number of para-hydroxylation sites is 2. The average molecular weight is 456 g/mol. The molecule has 2 aliphatic rings. The zero-order chi connectivity index (χ0) is 22.8. The monoisotopic (exact) mass is 455 g/mol. The summed E-state index contributed by atoms with van der Waals surface area (Å²) in [5.74, 6) is 2.27. The number of hydrogen-bond acceptors (Lipinski definition) is 6. The molecule has 0 radical (unpaired) electrons. The van der Waals surface area contributed by atoms with Crippen LogP contribution in [-0.4, -0.2) is 52.4 Å². The van der Waals surface area contributed by atoms with Gasteiger partial charge in [0, 0.05) is 37.8 Å². The number of benzene rings is 1. The molecule has 2 fully saturated rings. The van der Waals surface area contributed by atoms with Gasteiger partial charge in [-0.25, -0.2) is 19.7 Å². The van der Waals surface area contributed by atoms with E-state index in [2.05, 4.69) is 30.0 Å². The Hall–Kier alpha value is -3.95. The summed E-state index contributed by atoms with van der Waals surface area (Å²) in [4.78, 5) is 32.1. The molecule has 7 rings (SSSR count). The fraction of sp³-hybridized carbons (Fsp3) is 0.375. The molecule has 0 unspecified atom stereocenters. The zero-order valence-corrected chi connectivity index (χ0v) is 18.9. The summed E-state index contributed by atoms with van der Waals surface area (Å²) in [6.07, 6.45) is 7.60. The van der Waals surface area contributed by atoms with E-state index in [9.17, 15) is 4.79 Å². The van der Waals surface area contributed by atoms with Crippen molar-refractivity contribution in [2.45, 2.75) is 37.6 Å². The minimum Gasteiger partial charge on any atom is -0.355 e. The van der Waals surface area contributed by atoms with Crippen LogP contribution in [0.15, 0.2) is 41.6 Å². The molecular formula is C24H25N9O. The molecule has 4 aromatic heterocycles. The normalized spacial score (nSPS) is 17.3. The van der Waals surface area contributed by atoms with Gasteiger partial charge < -0.3 is 14.5 Å². The third-order valence-electron chi connectivity index (χ3n) is 7.29. The summed E-state index contributed by atoms with van der Waals surface area (Å²) < 4.78 is 3.95. The van der Waals surface area contributed by atoms with Crippen LogP contribution in [0.2, 0.25) is 0 Å². The molecule has 1 aliphatic carbocycles. The first kappa shape index (κ1) is 19.5. The molecule has 172 valence electrons. The molecule has 0 amide bonds. The Labute approximate surface area is 194 Å². The Kier molecular flexibility index (Phi) is 4.18. The van der Waals surface area contributed by atoms with E-state index in [0.717, 1.165) is 71.0 Å². The lowest BCUT2D eigenvalue weighted by Gasteiger charge is -2.33. The Morgan fingerprint density at radius 2 is 1.88 bits per heavy atom. The van der Waals surface area contributed by atoms with Crippen LogP contribution < -0.4 is 10.6 Å². The quantitative estimate of drug-likeness (QED) is 0.431. The molecule has 2 N–H and O–H groups in total. The van der Waals surface area contributed by atoms with Crippen LogP contribution in [0.5, 0.6) is 0 Å². The van der Waals surface area contributed by atoms with E-state index in [0.29, 0.717) is 5.92 Å². The molecule has 1 aliphatic heterocycles. The maximum atomic E-state index is 12.6. The van der Waals surface area contributed by atoms with Crippen LogP contribution in [0.4, 0.5) is 5.82 Å². The second-order valence-electron chi connectivity index (χ2n) is 9.37. The topological polar surface area (TPSA) is 113 Å². The second kappa shape index (κ2) is 7.28. The van der Waals surface area contributed by atoms with Crippen molar-refractivity contribution in [3.63, 3.8) is 0 Å². The number of nitrogens with zero attached hydrogens (tertiary/aromatic N) is 7. The third kappa shape index (κ3) is 2.91. The first-order valence-corrected chi connectivity index (χ1v) is 11.8. The highest BCUT2D eigenvalue weighted by Gasteiger charge is 2.31. The number of anilines is 1. The van der Waals surface area contributed by atoms with Gasteiger partial charge >= 0.3 is 5.69 Å². The Morgan fingerprint density at radius 1 is 1.06 bits per heavy atom. The third-order valence-corrected chi connectivity index (χ3v) is 7.29. The van der Waals surface area contributed by atoms with E-state index in [1.807, 2.05) is 46.6 Å². The highest BCUT2D eigenvalue weighted by molar-refractivity contribution is 5.87. The minimum absolute atomic E-state index is 0.0370. The number of piperidine rings is 1. The number of fused-ring (bicyclic) bond motifs is 2. The van der Waals surface area contributed by atoms with Crippen molar-refractivity contribution in [3.8, 4) is 11.4 Å². The minimum atomic E-state index is -0.0370. The molecular weight excluding hydrogens is 430 g/mol. The fourth-order valence-corrected chi connectivity index (χ4v) is 5.39. The molecule has 10 nitrogen and oxygen atoms in total. The number of aromatic nitrogens is 8. The fourth-order valence-electron chi connectivity index (χ4n) is 5.39. The van der Waals surface area contributed by atoms with E-state index < -0.39 is 0 Å². The van der Waals surface area contributed by atoms with Gasteiger partial charge in [0.15, 0.2) is 17.0 Å². The summed E-state index contributed by atoms with van der Waals surface area (Å²) in [7, 11) is 2.00. The molecule has 0 spiro atoms. The molecule has 0 atom stereocenters. The van der Waals surface area contributed by atoms with Crippen LogP contribution in [0.3, 0.4) is 0 Å². The smallest absolute Gasteiger partial charge is 0.326 e. The molecule has 0 bridgehead atoms. The second-order valence-corrected chi connectivity index (χ2v) is 9.37. The van der Waals surface area contributed by atoms with Crippen molar-refractivity contribution in [1.82, 2.24) is 39.3 Å². The van der Waals surface area contributed by atoms with Gasteiger partial charge in [-0.15, -0.1) is 0 Å². The van der Waals surface area contributed by atoms with Gasteiger partial charge in [-0.1, -0.05) is 12.1 Å². The maximum absolute atomic E-state index is 12.6. The SMILES string of the molecule is Cn1c(-c2cn[nH]c2C2CC2)nc2c(N3CCC(n4c(=O)[nH]c5ccccc54)CC3)ncnc21. The number of nitrogens with one attached hydrogen (secondary N) is 2. The Bertz CT molecular complexity index is 1580. The van der Waals surface area contributed by atoms with Gasteiger partial charge in [-0.05, 0) is 37.8 Å². The van der Waals surface area contributed by atoms with Crippen molar-refractivity contribution in [2.75, 3.05) is 18.0 Å². The van der Waals surface area contributed by atoms with E-state index in [1.54, 1.807) is 6.33 Å². The van der Waals surface area contributed by atoms with Crippen molar-refractivity contribution >= 4 is 28.0 Å². The van der Waals surface area contributed by atoms with Gasteiger partial charge in [0.05, 0.1) is 22.8 Å². The van der Waals surface area contributed by atoms with E-state index >= 15 is 0 Å². The van der Waals surface area contributed by atoms with Crippen LogP contribution in [-0.2, 0) is 7.05 Å². The molecule has 34 heavy (non-hydrogen) atoms. The predicted molar refractivity (Wildman–Crippen MR) is 129 cm³/mol. The number of rotatable bonds is 4. The molecule has 5 heterocycles. The van der Waals surface area contributed by atoms with Crippen molar-refractivity contribution in [2.24, 2.45) is 7.05 Å². The molecule has 1 saturated carbocycles. The van der Waals surface area contributed by atoms with E-state index in [4.69, 9.17) is 4.98 Å². The average Bonchev–Trinajstić information content (AvgIpc) is 3.35. The van der Waals surface area contributed by atoms with Crippen LogP contribution in [0.1, 0.15) is 43.3 Å². The summed E-state index contributed by atoms with van der Waals surface area (Å²) in [6.45, 7) is 1.60. The van der Waals surface area contributed by atoms with Crippen LogP contribution >= 0.6 is 0 Å². The zero-order valence-electron chi connectivity index (χ0n) is 18.9. The van der Waals surface area contributed by atoms with Crippen LogP contribution in [0, 0.1) is 0 Å². The molecule has 1 saturated heterocycles. The molecule has 1 aromatic carbocycles. The summed E-state index contributed by atoms with van der Waals surface area (Å²) in [5, 5.41) is 7.46. The molecule has 5 aromatic rings. The summed E-state index contributed by atoms with van der Waals surface area (Å²) >= 11 is 0. The van der Waals surface area contributed by atoms with Gasteiger partial charge in [-0.3, -0.25) is 9.67 Å². The van der Waals surface area contributed by atoms with E-state index in [1.165, 1.54) is 12.8 Å². The highest BCUT2D eigenvalue weighted by Crippen LogP contribution is 2.43. The number of H-pyrrole nitrogens is 2. The van der Waals surface area contributed by atoms with Crippen molar-refractivity contribution in [1.29, 1.82) is 0 Å². The predicted octanol–water partition coefficient (Wildman–Crippen LogP) is 3.12. The number of hydrogen-bond donors (Lipinski definition) is 2. The van der Waals surface area contributed by atoms with Gasteiger partial charge in [-0.2, -0.15) is 5.10 Å². The van der Waals surface area contributed by atoms with Crippen molar-refractivity contribution < 1.29 is 0 Å². The Morgan fingerprint density at radius 3 is 2.71 bits per heavy atom. The maximum Gasteiger partial charge on any atom is 0.326 e. The lowest BCUT2D eigenvalue weighted by molar-refractivity contribution is 0.395. The van der Waals surface area contributed by atoms with Crippen LogP contribution in [0.25, 0.3) is 33.6 Å².